The van der Waals surface area contributed by atoms with Crippen LogP contribution in [-0.2, 0) is 9.47 Å². The zero-order valence-corrected chi connectivity index (χ0v) is 9.26. The Bertz CT molecular complexity index is 124. The van der Waals surface area contributed by atoms with Crippen LogP contribution < -0.4 is 5.32 Å². The molecule has 3 nitrogen and oxygen atoms in total. The van der Waals surface area contributed by atoms with Gasteiger partial charge in [-0.05, 0) is 45.2 Å². The van der Waals surface area contributed by atoms with Crippen LogP contribution >= 0.6 is 0 Å². The molecule has 1 atom stereocenters. The van der Waals surface area contributed by atoms with Gasteiger partial charge in [-0.2, -0.15) is 0 Å². The van der Waals surface area contributed by atoms with E-state index in [1.165, 1.54) is 25.7 Å². The van der Waals surface area contributed by atoms with Crippen molar-refractivity contribution in [2.75, 3.05) is 33.4 Å². The number of hydrogen-bond acceptors (Lipinski definition) is 3. The van der Waals surface area contributed by atoms with Crippen molar-refractivity contribution >= 4 is 0 Å². The van der Waals surface area contributed by atoms with E-state index in [4.69, 9.17) is 9.47 Å². The van der Waals surface area contributed by atoms with Crippen molar-refractivity contribution in [3.63, 3.8) is 0 Å². The molecule has 14 heavy (non-hydrogen) atoms. The van der Waals surface area contributed by atoms with Crippen molar-refractivity contribution in [3.05, 3.63) is 0 Å². The molecule has 1 aliphatic rings. The Morgan fingerprint density at radius 2 is 2.21 bits per heavy atom. The lowest BCUT2D eigenvalue weighted by atomic mass is 10.1. The van der Waals surface area contributed by atoms with E-state index in [0.29, 0.717) is 6.10 Å². The predicted molar refractivity (Wildman–Crippen MR) is 57.6 cm³/mol. The number of nitrogens with one attached hydrogen (secondary N) is 1. The maximum absolute atomic E-state index is 5.55. The molecule has 0 aromatic carbocycles. The first-order chi connectivity index (χ1) is 6.93. The van der Waals surface area contributed by atoms with Crippen molar-refractivity contribution in [1.29, 1.82) is 0 Å². The maximum Gasteiger partial charge on any atom is 0.0576 e. The molecule has 0 spiro atoms. The van der Waals surface area contributed by atoms with Crippen molar-refractivity contribution in [3.8, 4) is 0 Å². The van der Waals surface area contributed by atoms with Crippen molar-refractivity contribution in [2.45, 2.75) is 38.2 Å². The van der Waals surface area contributed by atoms with Gasteiger partial charge in [-0.15, -0.1) is 0 Å². The number of ether oxygens (including phenoxy) is 2. The van der Waals surface area contributed by atoms with E-state index in [1.54, 1.807) is 7.11 Å². The Hall–Kier alpha value is -0.120. The summed E-state index contributed by atoms with van der Waals surface area (Å²) < 4.78 is 10.5. The second-order valence-electron chi connectivity index (χ2n) is 3.87. The average Bonchev–Trinajstić information content (AvgIpc) is 2.69. The van der Waals surface area contributed by atoms with Gasteiger partial charge in [0.15, 0.2) is 0 Å². The molecule has 3 heteroatoms. The molecule has 0 aromatic rings. The third-order valence-corrected chi connectivity index (χ3v) is 2.61. The monoisotopic (exact) mass is 201 g/mol. The summed E-state index contributed by atoms with van der Waals surface area (Å²) in [5.41, 5.74) is 0. The van der Waals surface area contributed by atoms with Crippen LogP contribution in [0.1, 0.15) is 32.1 Å². The first-order valence-electron chi connectivity index (χ1n) is 5.74. The summed E-state index contributed by atoms with van der Waals surface area (Å²) >= 11 is 0. The van der Waals surface area contributed by atoms with Gasteiger partial charge >= 0.3 is 0 Å². The van der Waals surface area contributed by atoms with Crippen LogP contribution in [0.2, 0.25) is 0 Å². The molecule has 1 aliphatic heterocycles. The highest BCUT2D eigenvalue weighted by molar-refractivity contribution is 4.65. The maximum atomic E-state index is 5.55. The Morgan fingerprint density at radius 1 is 1.36 bits per heavy atom. The Kier molecular flexibility index (Phi) is 7.01. The van der Waals surface area contributed by atoms with Crippen molar-refractivity contribution in [2.24, 2.45) is 0 Å². The largest absolute Gasteiger partial charge is 0.385 e. The summed E-state index contributed by atoms with van der Waals surface area (Å²) in [6.45, 7) is 4.02. The quantitative estimate of drug-likeness (QED) is 0.605. The SMILES string of the molecule is COCCCNCCCC1CCCO1. The zero-order chi connectivity index (χ0) is 10.1. The van der Waals surface area contributed by atoms with Gasteiger partial charge in [0.1, 0.15) is 0 Å². The van der Waals surface area contributed by atoms with E-state index >= 15 is 0 Å². The fourth-order valence-electron chi connectivity index (χ4n) is 1.79. The lowest BCUT2D eigenvalue weighted by molar-refractivity contribution is 0.102. The van der Waals surface area contributed by atoms with E-state index in [1.807, 2.05) is 0 Å². The molecular weight excluding hydrogens is 178 g/mol. The number of methoxy groups -OCH3 is 1. The van der Waals surface area contributed by atoms with Crippen LogP contribution in [0.25, 0.3) is 0 Å². The number of hydrogen-bond donors (Lipinski definition) is 1. The molecule has 1 fully saturated rings. The van der Waals surface area contributed by atoms with E-state index < -0.39 is 0 Å². The Balaban J connectivity index is 1.75. The fraction of sp³-hybridized carbons (Fsp3) is 1.00. The summed E-state index contributed by atoms with van der Waals surface area (Å²) in [5.74, 6) is 0. The van der Waals surface area contributed by atoms with E-state index in [0.717, 1.165) is 32.7 Å². The molecule has 1 heterocycles. The first-order valence-corrected chi connectivity index (χ1v) is 5.74. The molecule has 0 radical (unpaired) electrons. The molecule has 0 bridgehead atoms. The fourth-order valence-corrected chi connectivity index (χ4v) is 1.79. The highest BCUT2D eigenvalue weighted by Crippen LogP contribution is 2.16. The van der Waals surface area contributed by atoms with E-state index in [9.17, 15) is 0 Å². The van der Waals surface area contributed by atoms with Crippen molar-refractivity contribution < 1.29 is 9.47 Å². The summed E-state index contributed by atoms with van der Waals surface area (Å²) in [6, 6.07) is 0. The molecule has 0 amide bonds. The first kappa shape index (κ1) is 12.0. The van der Waals surface area contributed by atoms with Crippen LogP contribution in [0.15, 0.2) is 0 Å². The van der Waals surface area contributed by atoms with Crippen LogP contribution in [0.4, 0.5) is 0 Å². The average molecular weight is 201 g/mol. The van der Waals surface area contributed by atoms with Crippen molar-refractivity contribution in [1.82, 2.24) is 5.32 Å². The minimum Gasteiger partial charge on any atom is -0.385 e. The zero-order valence-electron chi connectivity index (χ0n) is 9.26. The van der Waals surface area contributed by atoms with Gasteiger partial charge in [-0.3, -0.25) is 0 Å². The van der Waals surface area contributed by atoms with Gasteiger partial charge in [0.25, 0.3) is 0 Å². The predicted octanol–water partition coefficient (Wildman–Crippen LogP) is 1.57. The van der Waals surface area contributed by atoms with Crippen LogP contribution in [0, 0.1) is 0 Å². The highest BCUT2D eigenvalue weighted by Gasteiger charge is 2.13. The van der Waals surface area contributed by atoms with Gasteiger partial charge in [0.2, 0.25) is 0 Å². The molecule has 84 valence electrons. The lowest BCUT2D eigenvalue weighted by Crippen LogP contribution is -2.19. The van der Waals surface area contributed by atoms with E-state index in [2.05, 4.69) is 5.32 Å². The van der Waals surface area contributed by atoms with Crippen LogP contribution in [0.3, 0.4) is 0 Å². The standard InChI is InChI=1S/C11H23NO2/c1-13-9-4-8-12-7-2-5-11-6-3-10-14-11/h11-12H,2-10H2,1H3. The summed E-state index contributed by atoms with van der Waals surface area (Å²) in [4.78, 5) is 0. The highest BCUT2D eigenvalue weighted by atomic mass is 16.5. The summed E-state index contributed by atoms with van der Waals surface area (Å²) in [7, 11) is 1.75. The van der Waals surface area contributed by atoms with Crippen LogP contribution in [0.5, 0.6) is 0 Å². The minimum absolute atomic E-state index is 0.552. The number of rotatable bonds is 8. The smallest absolute Gasteiger partial charge is 0.0576 e. The minimum atomic E-state index is 0.552. The van der Waals surface area contributed by atoms with Gasteiger partial charge in [-0.1, -0.05) is 0 Å². The second kappa shape index (κ2) is 8.21. The summed E-state index contributed by atoms with van der Waals surface area (Å²) in [5, 5.41) is 3.41. The Labute approximate surface area is 87.2 Å². The van der Waals surface area contributed by atoms with Gasteiger partial charge in [0, 0.05) is 20.3 Å². The molecule has 0 aromatic heterocycles. The normalized spacial score (nSPS) is 21.6. The van der Waals surface area contributed by atoms with Gasteiger partial charge in [0.05, 0.1) is 6.10 Å². The molecule has 0 saturated carbocycles. The summed E-state index contributed by atoms with van der Waals surface area (Å²) in [6.07, 6.45) is 6.64. The third-order valence-electron chi connectivity index (χ3n) is 2.61. The second-order valence-corrected chi connectivity index (χ2v) is 3.87. The Morgan fingerprint density at radius 3 is 2.93 bits per heavy atom. The topological polar surface area (TPSA) is 30.5 Å². The van der Waals surface area contributed by atoms with Gasteiger partial charge < -0.3 is 14.8 Å². The van der Waals surface area contributed by atoms with Crippen LogP contribution in [-0.4, -0.2) is 39.5 Å². The molecule has 1 rings (SSSR count). The van der Waals surface area contributed by atoms with E-state index in [-0.39, 0.29) is 0 Å². The van der Waals surface area contributed by atoms with Gasteiger partial charge in [-0.25, -0.2) is 0 Å². The molecule has 1 unspecified atom stereocenters. The molecule has 1 N–H and O–H groups in total. The molecule has 0 aliphatic carbocycles. The lowest BCUT2D eigenvalue weighted by Gasteiger charge is -2.09. The molecule has 1 saturated heterocycles. The third kappa shape index (κ3) is 5.58. The molecular formula is C11H23NO2.